The first-order valence-corrected chi connectivity index (χ1v) is 12.3. The Bertz CT molecular complexity index is 1210. The number of benzene rings is 2. The minimum absolute atomic E-state index is 0.0323. The standard InChI is InChI=1S/C27H28ClFN2OS/c1-6-11-31(24(13-19-8-9-19)20-10-7-16(2)23(29)14-20)27-30-26(18(4)33-27)21-12-17(3)25(32-5)15-22(21)28/h1,7,10,12,14-15,19,24H,8-9,11,13H2,2-5H3/t24-/m1/s1. The van der Waals surface area contributed by atoms with Crippen LogP contribution in [0, 0.1) is 44.9 Å². The highest BCUT2D eigenvalue weighted by Crippen LogP contribution is 2.44. The molecule has 0 radical (unpaired) electrons. The molecule has 0 saturated heterocycles. The van der Waals surface area contributed by atoms with Crippen LogP contribution in [0.3, 0.4) is 0 Å². The molecule has 2 aromatic carbocycles. The van der Waals surface area contributed by atoms with Gasteiger partial charge in [-0.2, -0.15) is 0 Å². The van der Waals surface area contributed by atoms with Crippen LogP contribution in [0.1, 0.15) is 46.9 Å². The van der Waals surface area contributed by atoms with Gasteiger partial charge < -0.3 is 9.64 Å². The Balaban J connectivity index is 1.76. The van der Waals surface area contributed by atoms with Gasteiger partial charge in [0.05, 0.1) is 30.4 Å². The fourth-order valence-electron chi connectivity index (χ4n) is 4.16. The van der Waals surface area contributed by atoms with Crippen molar-refractivity contribution in [1.29, 1.82) is 0 Å². The summed E-state index contributed by atoms with van der Waals surface area (Å²) in [4.78, 5) is 8.20. The van der Waals surface area contributed by atoms with Crippen LogP contribution >= 0.6 is 22.9 Å². The number of thiazole rings is 1. The van der Waals surface area contributed by atoms with Crippen molar-refractivity contribution in [2.45, 2.75) is 46.1 Å². The van der Waals surface area contributed by atoms with E-state index < -0.39 is 0 Å². The van der Waals surface area contributed by atoms with Crippen LogP contribution in [-0.2, 0) is 0 Å². The van der Waals surface area contributed by atoms with Crippen molar-refractivity contribution in [3.05, 3.63) is 62.7 Å². The average molecular weight is 483 g/mol. The van der Waals surface area contributed by atoms with Crippen molar-refractivity contribution < 1.29 is 9.13 Å². The summed E-state index contributed by atoms with van der Waals surface area (Å²) in [6, 6.07) is 9.31. The second kappa shape index (κ2) is 9.75. The van der Waals surface area contributed by atoms with E-state index in [1.54, 1.807) is 31.4 Å². The van der Waals surface area contributed by atoms with Crippen molar-refractivity contribution in [3.63, 3.8) is 0 Å². The summed E-state index contributed by atoms with van der Waals surface area (Å²) in [7, 11) is 1.64. The van der Waals surface area contributed by atoms with E-state index in [2.05, 4.69) is 10.8 Å². The molecule has 33 heavy (non-hydrogen) atoms. The van der Waals surface area contributed by atoms with E-state index in [-0.39, 0.29) is 11.9 Å². The summed E-state index contributed by atoms with van der Waals surface area (Å²) in [6.45, 7) is 6.21. The van der Waals surface area contributed by atoms with E-state index >= 15 is 0 Å². The lowest BCUT2D eigenvalue weighted by molar-refractivity contribution is 0.412. The third kappa shape index (κ3) is 5.03. The average Bonchev–Trinajstić information content (AvgIpc) is 3.53. The Labute approximate surface area is 204 Å². The molecule has 1 atom stereocenters. The van der Waals surface area contributed by atoms with E-state index in [4.69, 9.17) is 27.7 Å². The van der Waals surface area contributed by atoms with Gasteiger partial charge in [-0.25, -0.2) is 9.37 Å². The van der Waals surface area contributed by atoms with E-state index in [9.17, 15) is 4.39 Å². The van der Waals surface area contributed by atoms with Gasteiger partial charge in [0.1, 0.15) is 11.6 Å². The molecule has 0 bridgehead atoms. The molecule has 0 N–H and O–H groups in total. The van der Waals surface area contributed by atoms with Gasteiger partial charge in [-0.1, -0.05) is 42.5 Å². The van der Waals surface area contributed by atoms with E-state index in [0.29, 0.717) is 23.0 Å². The normalized spacial score (nSPS) is 14.1. The van der Waals surface area contributed by atoms with Crippen LogP contribution in [0.2, 0.25) is 5.02 Å². The minimum atomic E-state index is -0.189. The van der Waals surface area contributed by atoms with E-state index in [1.807, 2.05) is 38.1 Å². The minimum Gasteiger partial charge on any atom is -0.496 e. The molecule has 0 spiro atoms. The van der Waals surface area contributed by atoms with Crippen molar-refractivity contribution in [1.82, 2.24) is 4.98 Å². The molecule has 1 aliphatic carbocycles. The van der Waals surface area contributed by atoms with Crippen LogP contribution in [0.4, 0.5) is 9.52 Å². The maximum atomic E-state index is 14.5. The molecule has 1 fully saturated rings. The van der Waals surface area contributed by atoms with E-state index in [1.165, 1.54) is 12.8 Å². The summed E-state index contributed by atoms with van der Waals surface area (Å²) in [5.74, 6) is 3.99. The molecular formula is C27H28ClFN2OS. The van der Waals surface area contributed by atoms with Gasteiger partial charge in [-0.3, -0.25) is 0 Å². The van der Waals surface area contributed by atoms with Crippen LogP contribution in [0.25, 0.3) is 11.3 Å². The maximum Gasteiger partial charge on any atom is 0.187 e. The molecule has 1 saturated carbocycles. The fourth-order valence-corrected chi connectivity index (χ4v) is 5.37. The smallest absolute Gasteiger partial charge is 0.187 e. The zero-order valence-electron chi connectivity index (χ0n) is 19.4. The summed E-state index contributed by atoms with van der Waals surface area (Å²) >= 11 is 8.20. The molecule has 1 heterocycles. The van der Waals surface area contributed by atoms with Crippen LogP contribution in [0.5, 0.6) is 5.75 Å². The zero-order chi connectivity index (χ0) is 23.7. The molecule has 3 aromatic rings. The van der Waals surface area contributed by atoms with Crippen molar-refractivity contribution in [3.8, 4) is 29.4 Å². The molecule has 0 aliphatic heterocycles. The Morgan fingerprint density at radius 2 is 2.00 bits per heavy atom. The summed E-state index contributed by atoms with van der Waals surface area (Å²) in [5, 5.41) is 1.42. The topological polar surface area (TPSA) is 25.4 Å². The van der Waals surface area contributed by atoms with E-state index in [0.717, 1.165) is 44.6 Å². The second-order valence-electron chi connectivity index (χ2n) is 8.74. The maximum absolute atomic E-state index is 14.5. The van der Waals surface area contributed by atoms with Gasteiger partial charge in [-0.15, -0.1) is 17.8 Å². The van der Waals surface area contributed by atoms with Crippen LogP contribution in [0.15, 0.2) is 30.3 Å². The predicted octanol–water partition coefficient (Wildman–Crippen LogP) is 7.52. The highest BCUT2D eigenvalue weighted by atomic mass is 35.5. The summed E-state index contributed by atoms with van der Waals surface area (Å²) in [5.41, 5.74) is 4.29. The SMILES string of the molecule is C#CCN(c1nc(-c2cc(C)c(OC)cc2Cl)c(C)s1)[C@H](CC1CC1)c1ccc(C)c(F)c1. The first kappa shape index (κ1) is 23.6. The molecule has 0 amide bonds. The lowest BCUT2D eigenvalue weighted by Crippen LogP contribution is -2.29. The molecule has 1 aromatic heterocycles. The number of aryl methyl sites for hydroxylation is 3. The molecule has 172 valence electrons. The molecule has 4 rings (SSSR count). The quantitative estimate of drug-likeness (QED) is 0.310. The number of rotatable bonds is 8. The van der Waals surface area contributed by atoms with Gasteiger partial charge >= 0.3 is 0 Å². The van der Waals surface area contributed by atoms with Crippen molar-refractivity contribution in [2.24, 2.45) is 5.92 Å². The molecule has 3 nitrogen and oxygen atoms in total. The molecule has 0 unspecified atom stereocenters. The molecule has 1 aliphatic rings. The Hall–Kier alpha value is -2.55. The monoisotopic (exact) mass is 482 g/mol. The molecule has 6 heteroatoms. The van der Waals surface area contributed by atoms with Gasteiger partial charge in [0.15, 0.2) is 5.13 Å². The lowest BCUT2D eigenvalue weighted by atomic mass is 9.98. The van der Waals surface area contributed by atoms with Crippen molar-refractivity contribution in [2.75, 3.05) is 18.6 Å². The Morgan fingerprint density at radius 3 is 2.64 bits per heavy atom. The Morgan fingerprint density at radius 1 is 1.24 bits per heavy atom. The number of halogens is 2. The zero-order valence-corrected chi connectivity index (χ0v) is 21.0. The highest BCUT2D eigenvalue weighted by molar-refractivity contribution is 7.16. The number of terminal acetylenes is 1. The number of aromatic nitrogens is 1. The van der Waals surface area contributed by atoms with Gasteiger partial charge in [-0.05, 0) is 68.0 Å². The Kier molecular flexibility index (Phi) is 6.97. The number of methoxy groups -OCH3 is 1. The van der Waals surface area contributed by atoms with Crippen molar-refractivity contribution >= 4 is 28.1 Å². The van der Waals surface area contributed by atoms with Crippen LogP contribution < -0.4 is 9.64 Å². The van der Waals surface area contributed by atoms with Gasteiger partial charge in [0, 0.05) is 10.4 Å². The second-order valence-corrected chi connectivity index (χ2v) is 10.3. The highest BCUT2D eigenvalue weighted by Gasteiger charge is 2.32. The third-order valence-electron chi connectivity index (χ3n) is 6.24. The predicted molar refractivity (Wildman–Crippen MR) is 136 cm³/mol. The number of nitrogens with zero attached hydrogens (tertiary/aromatic N) is 2. The number of ether oxygens (including phenoxy) is 1. The lowest BCUT2D eigenvalue weighted by Gasteiger charge is -2.31. The largest absolute Gasteiger partial charge is 0.496 e. The molecular weight excluding hydrogens is 455 g/mol. The van der Waals surface area contributed by atoms with Crippen LogP contribution in [-0.4, -0.2) is 18.6 Å². The number of hydrogen-bond donors (Lipinski definition) is 0. The number of anilines is 1. The number of hydrogen-bond acceptors (Lipinski definition) is 4. The summed E-state index contributed by atoms with van der Waals surface area (Å²) in [6.07, 6.45) is 9.13. The first-order chi connectivity index (χ1) is 15.8. The first-order valence-electron chi connectivity index (χ1n) is 11.1. The third-order valence-corrected chi connectivity index (χ3v) is 7.56. The summed E-state index contributed by atoms with van der Waals surface area (Å²) < 4.78 is 19.9. The van der Waals surface area contributed by atoms with Gasteiger partial charge in [0.25, 0.3) is 0 Å². The van der Waals surface area contributed by atoms with Gasteiger partial charge in [0.2, 0.25) is 0 Å². The fraction of sp³-hybridized carbons (Fsp3) is 0.370.